The van der Waals surface area contributed by atoms with Gasteiger partial charge in [0.25, 0.3) is 0 Å². The number of hydrogen-bond donors (Lipinski definition) is 1. The van der Waals surface area contributed by atoms with Crippen LogP contribution >= 0.6 is 0 Å². The lowest BCUT2D eigenvalue weighted by atomic mass is 10.00. The first kappa shape index (κ1) is 19.8. The summed E-state index contributed by atoms with van der Waals surface area (Å²) in [5.41, 5.74) is 4.73. The average molecular weight is 396 g/mol. The number of nitrogens with zero attached hydrogens (tertiary/aromatic N) is 4. The van der Waals surface area contributed by atoms with E-state index in [1.54, 1.807) is 6.20 Å². The van der Waals surface area contributed by atoms with Gasteiger partial charge in [0.2, 0.25) is 0 Å². The molecule has 1 aromatic carbocycles. The van der Waals surface area contributed by atoms with Gasteiger partial charge in [-0.2, -0.15) is 5.12 Å². The van der Waals surface area contributed by atoms with E-state index in [4.69, 9.17) is 10.6 Å². The van der Waals surface area contributed by atoms with Gasteiger partial charge in [0.05, 0.1) is 24.9 Å². The van der Waals surface area contributed by atoms with Crippen LogP contribution in [0.15, 0.2) is 36.7 Å². The van der Waals surface area contributed by atoms with Gasteiger partial charge in [-0.25, -0.2) is 4.79 Å². The van der Waals surface area contributed by atoms with Crippen molar-refractivity contribution in [3.8, 4) is 11.1 Å². The van der Waals surface area contributed by atoms with Gasteiger partial charge in [-0.3, -0.25) is 15.8 Å². The number of anilines is 1. The van der Waals surface area contributed by atoms with E-state index in [1.165, 1.54) is 24.6 Å². The zero-order chi connectivity index (χ0) is 20.5. The van der Waals surface area contributed by atoms with E-state index in [-0.39, 0.29) is 5.97 Å². The lowest BCUT2D eigenvalue weighted by Crippen LogP contribution is -2.53. The number of hydrazine groups is 2. The molecule has 3 heterocycles. The highest BCUT2D eigenvalue weighted by Gasteiger charge is 2.34. The lowest BCUT2D eigenvalue weighted by molar-refractivity contribution is 0.0600. The molecule has 29 heavy (non-hydrogen) atoms. The van der Waals surface area contributed by atoms with Crippen LogP contribution in [0.25, 0.3) is 11.1 Å². The predicted molar refractivity (Wildman–Crippen MR) is 113 cm³/mol. The number of nitrogens with two attached hydrogens (primary N) is 1. The van der Waals surface area contributed by atoms with Gasteiger partial charge in [0, 0.05) is 43.1 Å². The Balaban J connectivity index is 1.56. The minimum Gasteiger partial charge on any atom is -0.465 e. The molecule has 0 spiro atoms. The molecule has 0 bridgehead atoms. The summed E-state index contributed by atoms with van der Waals surface area (Å²) in [6.07, 6.45) is 5.51. The maximum atomic E-state index is 11.8. The molecule has 0 unspecified atom stereocenters. The normalized spacial score (nSPS) is 18.3. The van der Waals surface area contributed by atoms with Crippen LogP contribution in [-0.4, -0.2) is 53.3 Å². The summed E-state index contributed by atoms with van der Waals surface area (Å²) < 4.78 is 4.81. The molecule has 1 fully saturated rings. The molecule has 2 aliphatic rings. The molecule has 0 aliphatic carbocycles. The number of methoxy groups -OCH3 is 1. The van der Waals surface area contributed by atoms with Crippen molar-refractivity contribution in [3.05, 3.63) is 47.8 Å². The van der Waals surface area contributed by atoms with Gasteiger partial charge in [-0.15, -0.1) is 0 Å². The molecule has 2 aliphatic heterocycles. The molecule has 0 saturated carbocycles. The third-order valence-corrected chi connectivity index (χ3v) is 6.00. The number of carbonyl (C=O) groups excluding carboxylic acids is 1. The van der Waals surface area contributed by atoms with E-state index in [2.05, 4.69) is 46.9 Å². The molecule has 7 heteroatoms. The maximum Gasteiger partial charge on any atom is 0.339 e. The summed E-state index contributed by atoms with van der Waals surface area (Å²) >= 11 is 0. The molecule has 1 aromatic heterocycles. The van der Waals surface area contributed by atoms with Crippen molar-refractivity contribution in [1.29, 1.82) is 0 Å². The van der Waals surface area contributed by atoms with Crippen LogP contribution in [0.4, 0.5) is 5.69 Å². The minimum atomic E-state index is -0.382. The Morgan fingerprint density at radius 1 is 1.17 bits per heavy atom. The van der Waals surface area contributed by atoms with Crippen molar-refractivity contribution in [2.45, 2.75) is 45.3 Å². The van der Waals surface area contributed by atoms with Crippen molar-refractivity contribution in [3.63, 3.8) is 0 Å². The summed E-state index contributed by atoms with van der Waals surface area (Å²) in [6.45, 7) is 7.40. The first-order valence-electron chi connectivity index (χ1n) is 10.2. The molecule has 1 saturated heterocycles. The van der Waals surface area contributed by atoms with Crippen LogP contribution < -0.4 is 10.9 Å². The number of rotatable bonds is 4. The molecular weight excluding hydrogens is 366 g/mol. The summed E-state index contributed by atoms with van der Waals surface area (Å²) in [4.78, 5) is 18.5. The van der Waals surface area contributed by atoms with Crippen LogP contribution in [0.5, 0.6) is 0 Å². The fraction of sp³-hybridized carbons (Fsp3) is 0.455. The molecule has 2 aromatic rings. The predicted octanol–water partition coefficient (Wildman–Crippen LogP) is 2.82. The van der Waals surface area contributed by atoms with Crippen LogP contribution in [0.3, 0.4) is 0 Å². The second-order valence-electron chi connectivity index (χ2n) is 8.10. The van der Waals surface area contributed by atoms with Crippen molar-refractivity contribution in [2.75, 3.05) is 25.2 Å². The smallest absolute Gasteiger partial charge is 0.339 e. The first-order chi connectivity index (χ1) is 14.0. The van der Waals surface area contributed by atoms with E-state index in [0.29, 0.717) is 24.2 Å². The van der Waals surface area contributed by atoms with Crippen LogP contribution in [0.1, 0.15) is 42.6 Å². The summed E-state index contributed by atoms with van der Waals surface area (Å²) in [5.74, 6) is 6.02. The van der Waals surface area contributed by atoms with E-state index in [1.807, 2.05) is 11.2 Å². The summed E-state index contributed by atoms with van der Waals surface area (Å²) in [6, 6.07) is 9.19. The number of pyridine rings is 1. The number of likely N-dealkylation sites (tertiary alicyclic amines) is 1. The number of aromatic nitrogens is 1. The second-order valence-corrected chi connectivity index (χ2v) is 8.10. The van der Waals surface area contributed by atoms with Gasteiger partial charge in [-0.05, 0) is 56.0 Å². The molecular formula is C22H29N5O2. The SMILES string of the molecule is COC(=O)c1cncc(-c2ccc3c(c2)CN(N)N3C2CCN(C(C)C)CC2)c1. The number of piperidine rings is 1. The molecule has 154 valence electrons. The Labute approximate surface area is 172 Å². The van der Waals surface area contributed by atoms with E-state index in [9.17, 15) is 4.79 Å². The van der Waals surface area contributed by atoms with Crippen LogP contribution in [0.2, 0.25) is 0 Å². The van der Waals surface area contributed by atoms with E-state index in [0.717, 1.165) is 37.1 Å². The van der Waals surface area contributed by atoms with E-state index >= 15 is 0 Å². The molecule has 2 N–H and O–H groups in total. The highest BCUT2D eigenvalue weighted by Crippen LogP contribution is 2.36. The Kier molecular flexibility index (Phi) is 5.54. The third-order valence-electron chi connectivity index (χ3n) is 6.00. The Morgan fingerprint density at radius 2 is 1.93 bits per heavy atom. The monoisotopic (exact) mass is 395 g/mol. The van der Waals surface area contributed by atoms with E-state index < -0.39 is 0 Å². The van der Waals surface area contributed by atoms with Crippen molar-refractivity contribution >= 4 is 11.7 Å². The van der Waals surface area contributed by atoms with Gasteiger partial charge in [0.15, 0.2) is 0 Å². The van der Waals surface area contributed by atoms with Crippen molar-refractivity contribution in [2.24, 2.45) is 5.84 Å². The van der Waals surface area contributed by atoms with Crippen LogP contribution in [-0.2, 0) is 11.3 Å². The number of ether oxygens (including phenoxy) is 1. The fourth-order valence-electron chi connectivity index (χ4n) is 4.38. The molecule has 4 rings (SSSR count). The molecule has 7 nitrogen and oxygen atoms in total. The highest BCUT2D eigenvalue weighted by molar-refractivity contribution is 5.90. The summed E-state index contributed by atoms with van der Waals surface area (Å²) in [7, 11) is 1.38. The fourth-order valence-corrected chi connectivity index (χ4v) is 4.38. The largest absolute Gasteiger partial charge is 0.465 e. The standard InChI is InChI=1S/C22H29N5O2/c1-15(2)25-8-6-20(7-9-25)27-21-5-4-16(10-19(21)14-26(27)23)17-11-18(13-24-12-17)22(28)29-3/h4-5,10-13,15,20H,6-9,14,23H2,1-3H3. The molecule has 0 amide bonds. The van der Waals surface area contributed by atoms with Crippen molar-refractivity contribution in [1.82, 2.24) is 15.0 Å². The first-order valence-corrected chi connectivity index (χ1v) is 10.2. The average Bonchev–Trinajstić information content (AvgIpc) is 3.08. The van der Waals surface area contributed by atoms with Gasteiger partial charge < -0.3 is 9.64 Å². The van der Waals surface area contributed by atoms with Gasteiger partial charge in [0.1, 0.15) is 0 Å². The highest BCUT2D eigenvalue weighted by atomic mass is 16.5. The quantitative estimate of drug-likeness (QED) is 0.630. The second kappa shape index (κ2) is 8.10. The number of hydrogen-bond acceptors (Lipinski definition) is 7. The number of carbonyl (C=O) groups is 1. The molecule has 0 radical (unpaired) electrons. The summed E-state index contributed by atoms with van der Waals surface area (Å²) in [5, 5.41) is 4.10. The number of fused-ring (bicyclic) bond motifs is 1. The maximum absolute atomic E-state index is 11.8. The number of esters is 1. The molecule has 0 atom stereocenters. The van der Waals surface area contributed by atoms with Gasteiger partial charge >= 0.3 is 5.97 Å². The Hall–Kier alpha value is -2.48. The van der Waals surface area contributed by atoms with Gasteiger partial charge in [-0.1, -0.05) is 6.07 Å². The topological polar surface area (TPSA) is 74.9 Å². The zero-order valence-electron chi connectivity index (χ0n) is 17.3. The van der Waals surface area contributed by atoms with Crippen molar-refractivity contribution < 1.29 is 9.53 Å². The lowest BCUT2D eigenvalue weighted by Gasteiger charge is -2.41. The zero-order valence-corrected chi connectivity index (χ0v) is 17.3. The number of benzene rings is 1. The third kappa shape index (κ3) is 3.85. The van der Waals surface area contributed by atoms with Crippen LogP contribution in [0, 0.1) is 0 Å². The Morgan fingerprint density at radius 3 is 2.62 bits per heavy atom. The minimum absolute atomic E-state index is 0.382. The Bertz CT molecular complexity index is 893.